The lowest BCUT2D eigenvalue weighted by Gasteiger charge is -2.35. The van der Waals surface area contributed by atoms with E-state index in [1.807, 2.05) is 140 Å². The maximum Gasteiger partial charge on any atom is 0.306 e. The molecule has 77 heavy (non-hydrogen) atoms. The molecule has 0 radical (unpaired) electrons. The second kappa shape index (κ2) is 28.7. The highest BCUT2D eigenvalue weighted by molar-refractivity contribution is 8.00. The van der Waals surface area contributed by atoms with Crippen molar-refractivity contribution in [3.05, 3.63) is 251 Å². The highest BCUT2D eigenvalue weighted by atomic mass is 32.2. The number of aliphatic hydroxyl groups is 2. The van der Waals surface area contributed by atoms with Crippen molar-refractivity contribution >= 4 is 52.9 Å². The second-order valence-electron chi connectivity index (χ2n) is 19.1. The van der Waals surface area contributed by atoms with Gasteiger partial charge in [0, 0.05) is 29.4 Å². The van der Waals surface area contributed by atoms with Crippen LogP contribution in [0.15, 0.2) is 211 Å². The molecule has 398 valence electrons. The lowest BCUT2D eigenvalue weighted by Crippen LogP contribution is -2.47. The van der Waals surface area contributed by atoms with E-state index in [1.165, 1.54) is 23.9 Å². The van der Waals surface area contributed by atoms with Gasteiger partial charge in [-0.3, -0.25) is 19.2 Å². The van der Waals surface area contributed by atoms with Gasteiger partial charge in [-0.1, -0.05) is 202 Å². The largest absolute Gasteiger partial charge is 0.481 e. The number of carbonyl (C=O) groups is 4. The number of carboxylic acids is 1. The molecule has 0 saturated carbocycles. The van der Waals surface area contributed by atoms with E-state index in [9.17, 15) is 38.9 Å². The van der Waals surface area contributed by atoms with Crippen LogP contribution >= 0.6 is 23.5 Å². The van der Waals surface area contributed by atoms with Crippen LogP contribution in [0.3, 0.4) is 0 Å². The normalized spacial score (nSPS) is 13.2. The van der Waals surface area contributed by atoms with E-state index in [4.69, 9.17) is 0 Å². The van der Waals surface area contributed by atoms with Gasteiger partial charge in [0.25, 0.3) is 0 Å². The Balaban J connectivity index is 1.11. The van der Waals surface area contributed by atoms with E-state index >= 15 is 0 Å². The number of benzene rings is 7. The van der Waals surface area contributed by atoms with Crippen molar-refractivity contribution in [2.24, 2.45) is 5.92 Å². The molecule has 6 N–H and O–H groups in total. The summed E-state index contributed by atoms with van der Waals surface area (Å²) in [5, 5.41) is 40.1. The zero-order chi connectivity index (χ0) is 54.6. The van der Waals surface area contributed by atoms with E-state index in [2.05, 4.69) is 52.3 Å². The number of nitrogens with one attached hydrogen (secondary N) is 3. The Morgan fingerprint density at radius 3 is 1.68 bits per heavy atom. The van der Waals surface area contributed by atoms with Crippen LogP contribution in [0.5, 0.6) is 0 Å². The summed E-state index contributed by atoms with van der Waals surface area (Å²) in [7, 11) is 0. The molecule has 0 aliphatic heterocycles. The van der Waals surface area contributed by atoms with E-state index in [-0.39, 0.29) is 42.8 Å². The minimum absolute atomic E-state index is 0.00334. The second-order valence-corrected chi connectivity index (χ2v) is 21.6. The third kappa shape index (κ3) is 16.1. The van der Waals surface area contributed by atoms with Crippen molar-refractivity contribution in [1.82, 2.24) is 10.6 Å². The molecule has 0 unspecified atom stereocenters. The molecule has 4 atom stereocenters. The quantitative estimate of drug-likeness (QED) is 0.0127. The SMILES string of the molecule is CC(C)[C@@H](NC(=O)CCSc1cccc(C(c2ccccc2)c2ccccc2)c1NC(=O)[C@@H](Cc1ccc(F)cc1)NC(=O)C[C@H](O)C=CCCSC(c1ccccc1)(c1ccccc1)c1ccccc1)[C@@H](O)CC(=O)O. The Kier molecular flexibility index (Phi) is 21.4. The monoisotopic (exact) mass is 1070 g/mol. The number of hydrogen-bond donors (Lipinski definition) is 6. The van der Waals surface area contributed by atoms with Crippen LogP contribution in [-0.2, 0) is 30.3 Å². The van der Waals surface area contributed by atoms with Crippen molar-refractivity contribution < 1.29 is 38.9 Å². The summed E-state index contributed by atoms with van der Waals surface area (Å²) in [5.41, 5.74) is 7.14. The first-order valence-corrected chi connectivity index (χ1v) is 27.8. The predicted molar refractivity (Wildman–Crippen MR) is 307 cm³/mol. The van der Waals surface area contributed by atoms with Crippen molar-refractivity contribution in [2.45, 2.75) is 85.8 Å². The van der Waals surface area contributed by atoms with Crippen LogP contribution in [0.4, 0.5) is 10.1 Å². The first-order valence-electron chi connectivity index (χ1n) is 25.9. The summed E-state index contributed by atoms with van der Waals surface area (Å²) >= 11 is 3.13. The zero-order valence-corrected chi connectivity index (χ0v) is 44.8. The number of aliphatic hydroxyl groups excluding tert-OH is 2. The first kappa shape index (κ1) is 57.4. The summed E-state index contributed by atoms with van der Waals surface area (Å²) in [6, 6.07) is 60.4. The summed E-state index contributed by atoms with van der Waals surface area (Å²) < 4.78 is 13.7. The van der Waals surface area contributed by atoms with Crippen molar-refractivity contribution in [3.63, 3.8) is 0 Å². The topological polar surface area (TPSA) is 165 Å². The van der Waals surface area contributed by atoms with Gasteiger partial charge in [0.05, 0.1) is 41.5 Å². The summed E-state index contributed by atoms with van der Waals surface area (Å²) in [5.74, 6) is -2.77. The fourth-order valence-electron chi connectivity index (χ4n) is 9.50. The lowest BCUT2D eigenvalue weighted by molar-refractivity contribution is -0.140. The van der Waals surface area contributed by atoms with Crippen molar-refractivity contribution in [2.75, 3.05) is 16.8 Å². The Labute approximate surface area is 459 Å². The van der Waals surface area contributed by atoms with Gasteiger partial charge in [0.2, 0.25) is 17.7 Å². The van der Waals surface area contributed by atoms with Gasteiger partial charge in [-0.15, -0.1) is 23.5 Å². The molecular weight excluding hydrogens is 1010 g/mol. The van der Waals surface area contributed by atoms with Gasteiger partial charge in [-0.05, 0) is 75.2 Å². The smallest absolute Gasteiger partial charge is 0.306 e. The standard InChI is InChI=1S/C64H66FN3O7S2/c1-44(2)61(55(70)43-59(73)74)67-57(71)38-40-76-56-33-20-32-53(60(46-21-8-3-9-22-46)47-23-10-4-11-24-47)62(56)68-63(75)54(41-45-34-36-51(65)37-35-45)66-58(72)42-52(69)31-18-19-39-77-64(48-25-12-5-13-26-48,49-27-14-6-15-28-49)50-29-16-7-17-30-50/h3-18,20-37,44,52,54-55,60-61,69-70H,19,38-43H2,1-2H3,(H,66,72)(H,67,71)(H,68,75)(H,73,74)/t52-,54-,55+,61-/m1/s1. The number of para-hydroxylation sites is 1. The number of anilines is 1. The van der Waals surface area contributed by atoms with Gasteiger partial charge in [0.15, 0.2) is 0 Å². The molecule has 0 saturated heterocycles. The molecule has 7 rings (SSSR count). The molecule has 0 aliphatic rings. The first-order chi connectivity index (χ1) is 37.3. The Morgan fingerprint density at radius 2 is 1.16 bits per heavy atom. The van der Waals surface area contributed by atoms with Gasteiger partial charge >= 0.3 is 5.97 Å². The average Bonchev–Trinajstić information content (AvgIpc) is 3.45. The number of rotatable bonds is 27. The number of halogens is 1. The van der Waals surface area contributed by atoms with Crippen molar-refractivity contribution in [3.8, 4) is 0 Å². The number of allylic oxidation sites excluding steroid dienone is 1. The molecule has 0 heterocycles. The summed E-state index contributed by atoms with van der Waals surface area (Å²) in [6.45, 7) is 3.59. The third-order valence-electron chi connectivity index (χ3n) is 13.2. The van der Waals surface area contributed by atoms with Gasteiger partial charge < -0.3 is 31.3 Å². The van der Waals surface area contributed by atoms with Crippen molar-refractivity contribution in [1.29, 1.82) is 0 Å². The van der Waals surface area contributed by atoms with Crippen LogP contribution in [-0.4, -0.2) is 74.8 Å². The molecule has 0 aliphatic carbocycles. The fraction of sp³-hybridized carbons (Fsp3) is 0.250. The van der Waals surface area contributed by atoms with Gasteiger partial charge in [0.1, 0.15) is 11.9 Å². The van der Waals surface area contributed by atoms with Crippen LogP contribution < -0.4 is 16.0 Å². The number of carboxylic acid groups (broad SMARTS) is 1. The fourth-order valence-corrected chi connectivity index (χ4v) is 12.0. The maximum atomic E-state index is 14.9. The van der Waals surface area contributed by atoms with Crippen LogP contribution in [0, 0.1) is 11.7 Å². The van der Waals surface area contributed by atoms with E-state index < -0.39 is 59.1 Å². The number of amides is 3. The number of hydrogen-bond acceptors (Lipinski definition) is 8. The minimum atomic E-state index is -1.28. The van der Waals surface area contributed by atoms with Crippen LogP contribution in [0.1, 0.15) is 84.4 Å². The van der Waals surface area contributed by atoms with Gasteiger partial charge in [-0.25, -0.2) is 4.39 Å². The molecule has 10 nitrogen and oxygen atoms in total. The molecule has 7 aromatic rings. The number of aliphatic carboxylic acids is 1. The molecule has 0 aromatic heterocycles. The Bertz CT molecular complexity index is 2870. The maximum absolute atomic E-state index is 14.9. The number of thioether (sulfide) groups is 2. The van der Waals surface area contributed by atoms with E-state index in [0.29, 0.717) is 28.3 Å². The number of carbonyl (C=O) groups excluding carboxylic acids is 3. The van der Waals surface area contributed by atoms with E-state index in [1.54, 1.807) is 43.8 Å². The third-order valence-corrected chi connectivity index (χ3v) is 15.9. The van der Waals surface area contributed by atoms with Crippen LogP contribution in [0.2, 0.25) is 0 Å². The highest BCUT2D eigenvalue weighted by Crippen LogP contribution is 2.49. The van der Waals surface area contributed by atoms with E-state index in [0.717, 1.165) is 33.4 Å². The molecule has 0 bridgehead atoms. The summed E-state index contributed by atoms with van der Waals surface area (Å²) in [6.07, 6.45) is 0.822. The Hall–Kier alpha value is -7.29. The molecule has 3 amide bonds. The molecule has 7 aromatic carbocycles. The zero-order valence-electron chi connectivity index (χ0n) is 43.2. The molecule has 13 heteroatoms. The Morgan fingerprint density at radius 1 is 0.623 bits per heavy atom. The summed E-state index contributed by atoms with van der Waals surface area (Å²) in [4.78, 5) is 54.2. The van der Waals surface area contributed by atoms with Gasteiger partial charge in [-0.2, -0.15) is 0 Å². The predicted octanol–water partition coefficient (Wildman–Crippen LogP) is 11.6. The lowest BCUT2D eigenvalue weighted by atomic mass is 9.84. The average molecular weight is 1070 g/mol. The minimum Gasteiger partial charge on any atom is -0.481 e. The van der Waals surface area contributed by atoms with Crippen LogP contribution in [0.25, 0.3) is 0 Å². The molecular formula is C64H66FN3O7S2. The molecule has 0 spiro atoms. The highest BCUT2D eigenvalue weighted by Gasteiger charge is 2.37. The molecule has 0 fully saturated rings.